The predicted molar refractivity (Wildman–Crippen MR) is 136 cm³/mol. The van der Waals surface area contributed by atoms with Gasteiger partial charge in [0.2, 0.25) is 0 Å². The number of rotatable bonds is 6. The zero-order valence-electron chi connectivity index (χ0n) is 19.3. The fraction of sp³-hybridized carbons (Fsp3) is 0.333. The van der Waals surface area contributed by atoms with Crippen LogP contribution in [0.5, 0.6) is 0 Å². The summed E-state index contributed by atoms with van der Waals surface area (Å²) in [4.78, 5) is 14.3. The Bertz CT molecular complexity index is 1290. The van der Waals surface area contributed by atoms with Crippen molar-refractivity contribution in [1.82, 2.24) is 19.9 Å². The summed E-state index contributed by atoms with van der Waals surface area (Å²) < 4.78 is 38.9. The largest absolute Gasteiger partial charge is 0.390 e. The molecule has 1 aromatic carbocycles. The molecule has 1 aliphatic rings. The number of aromatic nitrogens is 3. The maximum atomic E-state index is 12.6. The molecule has 0 spiro atoms. The van der Waals surface area contributed by atoms with Crippen molar-refractivity contribution >= 4 is 33.7 Å². The maximum absolute atomic E-state index is 12.6. The summed E-state index contributed by atoms with van der Waals surface area (Å²) in [6.07, 6.45) is 7.64. The van der Waals surface area contributed by atoms with Gasteiger partial charge in [-0.05, 0) is 97.4 Å². The van der Waals surface area contributed by atoms with Crippen LogP contribution < -0.4 is 0 Å². The van der Waals surface area contributed by atoms with Crippen molar-refractivity contribution in [3.63, 3.8) is 0 Å². The molecule has 4 aromatic rings. The average molecular weight is 497 g/mol. The van der Waals surface area contributed by atoms with Crippen molar-refractivity contribution in [2.75, 3.05) is 19.6 Å². The van der Waals surface area contributed by atoms with Gasteiger partial charge in [0.05, 0.1) is 22.3 Å². The first-order valence-corrected chi connectivity index (χ1v) is 12.7. The van der Waals surface area contributed by atoms with E-state index in [-0.39, 0.29) is 6.54 Å². The Morgan fingerprint density at radius 1 is 1.06 bits per heavy atom. The first-order valence-electron chi connectivity index (χ1n) is 11.9. The fourth-order valence-electron chi connectivity index (χ4n) is 4.66. The normalized spacial score (nSPS) is 17.9. The second kappa shape index (κ2) is 10.3. The summed E-state index contributed by atoms with van der Waals surface area (Å²) in [7, 11) is 0. The van der Waals surface area contributed by atoms with Crippen LogP contribution >= 0.6 is 11.3 Å². The molecule has 4 nitrogen and oxygen atoms in total. The number of nitrogens with zero attached hydrogens (tertiary/aromatic N) is 3. The molecular weight excluding hydrogens is 469 g/mol. The Labute approximate surface area is 206 Å². The monoisotopic (exact) mass is 496 g/mol. The van der Waals surface area contributed by atoms with Crippen molar-refractivity contribution in [3.8, 4) is 11.1 Å². The average Bonchev–Trinajstić information content (AvgIpc) is 3.46. The van der Waals surface area contributed by atoms with Crippen LogP contribution in [0.15, 0.2) is 55.0 Å². The number of nitrogens with one attached hydrogen (secondary N) is 1. The number of hydrogen-bond donors (Lipinski definition) is 1. The quantitative estimate of drug-likeness (QED) is 0.303. The molecule has 0 amide bonds. The minimum absolute atomic E-state index is 0.0927. The molecule has 8 heteroatoms. The van der Waals surface area contributed by atoms with E-state index < -0.39 is 12.6 Å². The lowest BCUT2D eigenvalue weighted by Gasteiger charge is -2.21. The SMILES string of the molecule is FC(F)(F)CCN1CCCC(c2ccnc(/C=C/c3nc4ccc(-c5cc[nH]c5)cc4s3)c2)CC1. The lowest BCUT2D eigenvalue weighted by Crippen LogP contribution is -2.29. The molecule has 0 bridgehead atoms. The molecule has 1 N–H and O–H groups in total. The number of halogens is 3. The van der Waals surface area contributed by atoms with Crippen LogP contribution in [0, 0.1) is 0 Å². The Morgan fingerprint density at radius 2 is 1.97 bits per heavy atom. The van der Waals surface area contributed by atoms with Crippen LogP contribution in [0.1, 0.15) is 47.9 Å². The number of thiazole rings is 1. The maximum Gasteiger partial charge on any atom is 0.390 e. The molecule has 35 heavy (non-hydrogen) atoms. The molecule has 182 valence electrons. The standard InChI is InChI=1S/C27H27F3N4S/c28-27(29,30)10-15-34-13-1-2-19(9-14-34)21-8-12-32-23(16-21)4-6-26-33-24-5-3-20(17-25(24)35-26)22-7-11-31-18-22/h3-8,11-12,16-19,31H,1-2,9-10,13-15H2/b6-4+. The molecule has 0 saturated carbocycles. The number of pyridine rings is 1. The number of H-pyrrole nitrogens is 1. The topological polar surface area (TPSA) is 44.8 Å². The molecule has 1 aliphatic heterocycles. The lowest BCUT2D eigenvalue weighted by atomic mass is 9.92. The van der Waals surface area contributed by atoms with Gasteiger partial charge in [-0.3, -0.25) is 4.98 Å². The number of alkyl halides is 3. The van der Waals surface area contributed by atoms with E-state index in [0.29, 0.717) is 12.5 Å². The van der Waals surface area contributed by atoms with E-state index in [1.165, 1.54) is 5.56 Å². The highest BCUT2D eigenvalue weighted by atomic mass is 32.1. The van der Waals surface area contributed by atoms with Crippen LogP contribution in [0.4, 0.5) is 13.2 Å². The number of fused-ring (bicyclic) bond motifs is 1. The Morgan fingerprint density at radius 3 is 2.80 bits per heavy atom. The molecule has 1 saturated heterocycles. The van der Waals surface area contributed by atoms with Crippen molar-refractivity contribution < 1.29 is 13.2 Å². The van der Waals surface area contributed by atoms with E-state index in [2.05, 4.69) is 40.3 Å². The molecule has 0 aliphatic carbocycles. The molecule has 1 atom stereocenters. The van der Waals surface area contributed by atoms with Gasteiger partial charge in [-0.1, -0.05) is 6.07 Å². The summed E-state index contributed by atoms with van der Waals surface area (Å²) in [6, 6.07) is 12.5. The second-order valence-electron chi connectivity index (χ2n) is 9.02. The highest BCUT2D eigenvalue weighted by molar-refractivity contribution is 7.19. The molecule has 0 radical (unpaired) electrons. The van der Waals surface area contributed by atoms with E-state index in [1.54, 1.807) is 11.3 Å². The van der Waals surface area contributed by atoms with Crippen molar-refractivity contribution in [1.29, 1.82) is 0 Å². The van der Waals surface area contributed by atoms with Gasteiger partial charge in [0, 0.05) is 25.1 Å². The summed E-state index contributed by atoms with van der Waals surface area (Å²) in [6.45, 7) is 1.52. The summed E-state index contributed by atoms with van der Waals surface area (Å²) in [5, 5.41) is 0.924. The molecular formula is C27H27F3N4S. The molecule has 3 aromatic heterocycles. The van der Waals surface area contributed by atoms with Crippen LogP contribution in [0.25, 0.3) is 33.5 Å². The van der Waals surface area contributed by atoms with Gasteiger partial charge in [-0.25, -0.2) is 4.98 Å². The Kier molecular flexibility index (Phi) is 7.02. The highest BCUT2D eigenvalue weighted by Crippen LogP contribution is 2.31. The van der Waals surface area contributed by atoms with Gasteiger partial charge in [0.25, 0.3) is 0 Å². The van der Waals surface area contributed by atoms with Gasteiger partial charge < -0.3 is 9.88 Å². The van der Waals surface area contributed by atoms with E-state index in [4.69, 9.17) is 4.98 Å². The zero-order chi connectivity index (χ0) is 24.3. The lowest BCUT2D eigenvalue weighted by molar-refractivity contribution is -0.137. The molecule has 1 fully saturated rings. The van der Waals surface area contributed by atoms with Crippen LogP contribution in [-0.4, -0.2) is 45.7 Å². The van der Waals surface area contributed by atoms with Gasteiger partial charge in [0.1, 0.15) is 5.01 Å². The van der Waals surface area contributed by atoms with Gasteiger partial charge in [-0.2, -0.15) is 13.2 Å². The summed E-state index contributed by atoms with van der Waals surface area (Å²) >= 11 is 1.65. The highest BCUT2D eigenvalue weighted by Gasteiger charge is 2.28. The third-order valence-electron chi connectivity index (χ3n) is 6.54. The van der Waals surface area contributed by atoms with E-state index in [0.717, 1.165) is 57.9 Å². The second-order valence-corrected chi connectivity index (χ2v) is 10.1. The van der Waals surface area contributed by atoms with Crippen molar-refractivity contribution in [2.24, 2.45) is 0 Å². The van der Waals surface area contributed by atoms with Crippen LogP contribution in [0.3, 0.4) is 0 Å². The predicted octanol–water partition coefficient (Wildman–Crippen LogP) is 7.38. The number of benzene rings is 1. The minimum Gasteiger partial charge on any atom is -0.367 e. The van der Waals surface area contributed by atoms with Crippen LogP contribution in [-0.2, 0) is 0 Å². The first-order chi connectivity index (χ1) is 16.9. The third kappa shape index (κ3) is 6.18. The van der Waals surface area contributed by atoms with Gasteiger partial charge >= 0.3 is 6.18 Å². The Balaban J connectivity index is 1.25. The number of hydrogen-bond acceptors (Lipinski definition) is 4. The van der Waals surface area contributed by atoms with Crippen LogP contribution in [0.2, 0.25) is 0 Å². The van der Waals surface area contributed by atoms with Gasteiger partial charge in [0.15, 0.2) is 0 Å². The van der Waals surface area contributed by atoms with Crippen molar-refractivity contribution in [3.05, 3.63) is 71.3 Å². The first kappa shape index (κ1) is 23.8. The van der Waals surface area contributed by atoms with Crippen molar-refractivity contribution in [2.45, 2.75) is 37.8 Å². The van der Waals surface area contributed by atoms with E-state index >= 15 is 0 Å². The molecule has 5 rings (SSSR count). The third-order valence-corrected chi connectivity index (χ3v) is 7.53. The molecule has 1 unspecified atom stereocenters. The summed E-state index contributed by atoms with van der Waals surface area (Å²) in [5.41, 5.74) is 5.36. The zero-order valence-corrected chi connectivity index (χ0v) is 20.1. The smallest absolute Gasteiger partial charge is 0.367 e. The number of likely N-dealkylation sites (tertiary alicyclic amines) is 1. The minimum atomic E-state index is -4.09. The van der Waals surface area contributed by atoms with E-state index in [1.807, 2.05) is 41.7 Å². The summed E-state index contributed by atoms with van der Waals surface area (Å²) in [5.74, 6) is 0.343. The fourth-order valence-corrected chi connectivity index (χ4v) is 5.57. The Hall–Kier alpha value is -2.97. The van der Waals surface area contributed by atoms with E-state index in [9.17, 15) is 13.2 Å². The number of aromatic amines is 1. The molecule has 4 heterocycles. The van der Waals surface area contributed by atoms with Gasteiger partial charge in [-0.15, -0.1) is 11.3 Å².